The van der Waals surface area contributed by atoms with Crippen LogP contribution in [0.25, 0.3) is 0 Å². The Bertz CT molecular complexity index is 805. The van der Waals surface area contributed by atoms with E-state index in [2.05, 4.69) is 0 Å². The molecular formula is C12H14N4O4S. The van der Waals surface area contributed by atoms with Crippen molar-refractivity contribution in [3.63, 3.8) is 0 Å². The molecule has 0 atom stereocenters. The summed E-state index contributed by atoms with van der Waals surface area (Å²) < 4.78 is 37.0. The van der Waals surface area contributed by atoms with Crippen LogP contribution in [0.1, 0.15) is 0 Å². The minimum atomic E-state index is -4.52. The second-order valence-electron chi connectivity index (χ2n) is 4.29. The molecule has 2 aromatic rings. The Balaban J connectivity index is 2.45. The van der Waals surface area contributed by atoms with Crippen molar-refractivity contribution in [2.75, 3.05) is 22.9 Å². The first-order valence-electron chi connectivity index (χ1n) is 5.68. The molecule has 0 heterocycles. The van der Waals surface area contributed by atoms with E-state index in [1.54, 1.807) is 6.07 Å². The van der Waals surface area contributed by atoms with Gasteiger partial charge in [0.25, 0.3) is 10.1 Å². The highest BCUT2D eigenvalue weighted by Crippen LogP contribution is 2.33. The van der Waals surface area contributed by atoms with Gasteiger partial charge < -0.3 is 27.7 Å². The summed E-state index contributed by atoms with van der Waals surface area (Å²) in [5, 5.41) is 0. The molecule has 0 bridgehead atoms. The molecule has 2 aromatic carbocycles. The number of hydrogen-bond acceptors (Lipinski definition) is 7. The molecule has 0 radical (unpaired) electrons. The molecule has 0 spiro atoms. The van der Waals surface area contributed by atoms with Gasteiger partial charge in [0, 0.05) is 18.2 Å². The monoisotopic (exact) mass is 310 g/mol. The Hall–Kier alpha value is -2.65. The zero-order chi connectivity index (χ0) is 15.8. The first-order chi connectivity index (χ1) is 9.68. The van der Waals surface area contributed by atoms with Gasteiger partial charge in [-0.3, -0.25) is 4.55 Å². The van der Waals surface area contributed by atoms with Crippen molar-refractivity contribution >= 4 is 32.9 Å². The van der Waals surface area contributed by atoms with E-state index in [0.717, 1.165) is 6.07 Å². The molecule has 112 valence electrons. The van der Waals surface area contributed by atoms with Crippen molar-refractivity contribution in [3.05, 3.63) is 30.3 Å². The second-order valence-corrected chi connectivity index (χ2v) is 5.68. The van der Waals surface area contributed by atoms with E-state index in [1.165, 1.54) is 18.2 Å². The predicted molar refractivity (Wildman–Crippen MR) is 80.4 cm³/mol. The van der Waals surface area contributed by atoms with Crippen LogP contribution in [0.4, 0.5) is 22.7 Å². The summed E-state index contributed by atoms with van der Waals surface area (Å²) in [6, 6.07) is 6.94. The van der Waals surface area contributed by atoms with Gasteiger partial charge in [-0.2, -0.15) is 8.42 Å². The molecule has 9 N–H and O–H groups in total. The average Bonchev–Trinajstić information content (AvgIpc) is 2.36. The normalized spacial score (nSPS) is 11.3. The third kappa shape index (κ3) is 3.09. The van der Waals surface area contributed by atoms with Crippen LogP contribution in [-0.4, -0.2) is 13.0 Å². The summed E-state index contributed by atoms with van der Waals surface area (Å²) in [5.74, 6) is 0.408. The molecular weight excluding hydrogens is 296 g/mol. The van der Waals surface area contributed by atoms with Crippen LogP contribution in [0.5, 0.6) is 11.5 Å². The lowest BCUT2D eigenvalue weighted by molar-refractivity contribution is 0.472. The minimum absolute atomic E-state index is 0.0384. The molecule has 0 amide bonds. The Morgan fingerprint density at radius 2 is 1.48 bits per heavy atom. The summed E-state index contributed by atoms with van der Waals surface area (Å²) in [4.78, 5) is -0.527. The van der Waals surface area contributed by atoms with Gasteiger partial charge in [0.05, 0.1) is 22.7 Å². The van der Waals surface area contributed by atoms with Gasteiger partial charge in [0.1, 0.15) is 16.4 Å². The van der Waals surface area contributed by atoms with Gasteiger partial charge in [0.15, 0.2) is 0 Å². The minimum Gasteiger partial charge on any atom is -0.457 e. The van der Waals surface area contributed by atoms with Crippen LogP contribution < -0.4 is 27.7 Å². The van der Waals surface area contributed by atoms with Crippen LogP contribution in [0, 0.1) is 0 Å². The average molecular weight is 310 g/mol. The molecule has 0 aliphatic heterocycles. The quantitative estimate of drug-likeness (QED) is 0.414. The number of hydrogen-bond donors (Lipinski definition) is 5. The lowest BCUT2D eigenvalue weighted by Gasteiger charge is -2.11. The number of nitrogens with two attached hydrogens (primary N) is 4. The summed E-state index contributed by atoms with van der Waals surface area (Å²) in [7, 11) is -4.52. The van der Waals surface area contributed by atoms with Gasteiger partial charge in [-0.15, -0.1) is 0 Å². The molecule has 0 aromatic heterocycles. The Labute approximate surface area is 121 Å². The summed E-state index contributed by atoms with van der Waals surface area (Å²) >= 11 is 0. The molecule has 0 unspecified atom stereocenters. The van der Waals surface area contributed by atoms with Crippen LogP contribution in [-0.2, 0) is 10.1 Å². The maximum absolute atomic E-state index is 11.2. The van der Waals surface area contributed by atoms with Crippen molar-refractivity contribution in [1.29, 1.82) is 0 Å². The largest absolute Gasteiger partial charge is 0.457 e. The maximum atomic E-state index is 11.2. The summed E-state index contributed by atoms with van der Waals surface area (Å²) in [6.45, 7) is 0. The maximum Gasteiger partial charge on any atom is 0.296 e. The summed E-state index contributed by atoms with van der Waals surface area (Å²) in [6.07, 6.45) is 0. The molecule has 0 aliphatic carbocycles. The molecule has 0 fully saturated rings. The highest BCUT2D eigenvalue weighted by atomic mass is 32.2. The Kier molecular flexibility index (Phi) is 3.54. The van der Waals surface area contributed by atoms with Gasteiger partial charge >= 0.3 is 0 Å². The zero-order valence-corrected chi connectivity index (χ0v) is 11.6. The zero-order valence-electron chi connectivity index (χ0n) is 10.8. The second kappa shape index (κ2) is 5.04. The van der Waals surface area contributed by atoms with Crippen molar-refractivity contribution in [1.82, 2.24) is 0 Å². The molecule has 9 heteroatoms. The molecule has 0 aliphatic rings. The molecule has 2 rings (SSSR count). The highest BCUT2D eigenvalue weighted by Gasteiger charge is 2.18. The third-order valence-electron chi connectivity index (χ3n) is 2.72. The van der Waals surface area contributed by atoms with E-state index in [1.807, 2.05) is 0 Å². The van der Waals surface area contributed by atoms with E-state index in [9.17, 15) is 8.42 Å². The number of ether oxygens (including phenoxy) is 1. The van der Waals surface area contributed by atoms with Crippen molar-refractivity contribution in [2.45, 2.75) is 4.90 Å². The Morgan fingerprint density at radius 1 is 0.857 bits per heavy atom. The van der Waals surface area contributed by atoms with Crippen LogP contribution in [0.2, 0.25) is 0 Å². The first-order valence-corrected chi connectivity index (χ1v) is 7.12. The molecule has 0 saturated carbocycles. The SMILES string of the molecule is Nc1ccc(Oc2cc(N)c(N)c(S(=O)(=O)O)c2)cc1N. The van der Waals surface area contributed by atoms with Crippen LogP contribution in [0.3, 0.4) is 0 Å². The van der Waals surface area contributed by atoms with Crippen LogP contribution >= 0.6 is 0 Å². The fraction of sp³-hybridized carbons (Fsp3) is 0. The van der Waals surface area contributed by atoms with Crippen molar-refractivity contribution < 1.29 is 17.7 Å². The first kappa shape index (κ1) is 14.8. The molecule has 0 saturated heterocycles. The standard InChI is InChI=1S/C12H14N4O4S/c13-8-2-1-6(3-9(8)14)20-7-4-10(15)12(16)11(5-7)21(17,18)19/h1-5H,13-16H2,(H,17,18,19). The van der Waals surface area contributed by atoms with Gasteiger partial charge in [-0.05, 0) is 12.1 Å². The highest BCUT2D eigenvalue weighted by molar-refractivity contribution is 7.86. The van der Waals surface area contributed by atoms with E-state index in [4.69, 9.17) is 32.2 Å². The fourth-order valence-corrected chi connectivity index (χ4v) is 2.31. The van der Waals surface area contributed by atoms with Crippen LogP contribution in [0.15, 0.2) is 35.2 Å². The molecule has 8 nitrogen and oxygen atoms in total. The third-order valence-corrected chi connectivity index (χ3v) is 3.61. The molecule has 21 heavy (non-hydrogen) atoms. The van der Waals surface area contributed by atoms with E-state index < -0.39 is 15.0 Å². The van der Waals surface area contributed by atoms with Gasteiger partial charge in [-0.1, -0.05) is 0 Å². The lowest BCUT2D eigenvalue weighted by atomic mass is 10.2. The fourth-order valence-electron chi connectivity index (χ4n) is 1.65. The van der Waals surface area contributed by atoms with Gasteiger partial charge in [0.2, 0.25) is 0 Å². The lowest BCUT2D eigenvalue weighted by Crippen LogP contribution is -2.06. The topological polar surface area (TPSA) is 168 Å². The number of rotatable bonds is 3. The van der Waals surface area contributed by atoms with E-state index >= 15 is 0 Å². The number of anilines is 4. The Morgan fingerprint density at radius 3 is 2.05 bits per heavy atom. The van der Waals surface area contributed by atoms with Crippen molar-refractivity contribution in [2.24, 2.45) is 0 Å². The number of benzene rings is 2. The van der Waals surface area contributed by atoms with Gasteiger partial charge in [-0.25, -0.2) is 0 Å². The van der Waals surface area contributed by atoms with E-state index in [-0.39, 0.29) is 17.1 Å². The summed E-state index contributed by atoms with van der Waals surface area (Å²) in [5.41, 5.74) is 22.8. The smallest absolute Gasteiger partial charge is 0.296 e. The number of nitrogen functional groups attached to an aromatic ring is 4. The predicted octanol–water partition coefficient (Wildman–Crippen LogP) is 1.05. The van der Waals surface area contributed by atoms with E-state index in [0.29, 0.717) is 17.1 Å². The van der Waals surface area contributed by atoms with Crippen molar-refractivity contribution in [3.8, 4) is 11.5 Å².